The summed E-state index contributed by atoms with van der Waals surface area (Å²) in [6.07, 6.45) is 3.00. The number of unbranched alkanes of at least 4 members (excludes halogenated alkanes) is 2. The molecule has 5 N–H and O–H groups in total. The Morgan fingerprint density at radius 3 is 2.34 bits per heavy atom. The summed E-state index contributed by atoms with van der Waals surface area (Å²) in [7, 11) is 0. The van der Waals surface area contributed by atoms with Crippen LogP contribution in [0.5, 0.6) is 5.75 Å². The van der Waals surface area contributed by atoms with Gasteiger partial charge in [-0.3, -0.25) is 19.2 Å². The van der Waals surface area contributed by atoms with E-state index in [1.807, 2.05) is 98.2 Å². The molecule has 4 aromatic rings. The Morgan fingerprint density at radius 1 is 1.00 bits per heavy atom. The Hall–Kier alpha value is -5.60. The van der Waals surface area contributed by atoms with Crippen molar-refractivity contribution in [2.45, 2.75) is 124 Å². The molecule has 68 heavy (non-hydrogen) atoms. The number of halogens is 1. The first kappa shape index (κ1) is 51.8. The molecule has 4 atom stereocenters. The standard InChI is InChI=1S/C51H65ClN8O7S/c1-30(32-13-15-33(16-14-32)42-31(2)56-29-68-42)57-45(64)40-23-36(61)27-60(40)46(65)43(49(3,4)5)58-41(62)28-66-22-12-10-11-21-54-35-18-20-39(55-26-35)44(63)59-47-50(6,7)48(51(47,8)9)67-37-19-17-34(25-53)38(52)24-37/h13-20,24,26,29-30,36,40,43,47-48,54,61H,10-12,21-23,27-28H2,1-9H3,(H,57,64)(H,58,62)(H,59,63)/t30-,36+,40-,43?,47?,48?/m0/s1. The average molecular weight is 970 g/mol. The third-order valence-corrected chi connectivity index (χ3v) is 14.3. The predicted molar refractivity (Wildman–Crippen MR) is 263 cm³/mol. The van der Waals surface area contributed by atoms with Crippen LogP contribution in [-0.2, 0) is 19.1 Å². The van der Waals surface area contributed by atoms with Crippen LogP contribution >= 0.6 is 22.9 Å². The summed E-state index contributed by atoms with van der Waals surface area (Å²) < 4.78 is 12.0. The number of carbonyl (C=O) groups is 4. The number of hydrogen-bond acceptors (Lipinski definition) is 12. The zero-order valence-electron chi connectivity index (χ0n) is 40.4. The van der Waals surface area contributed by atoms with E-state index in [9.17, 15) is 29.5 Å². The van der Waals surface area contributed by atoms with Crippen molar-refractivity contribution in [1.29, 1.82) is 5.26 Å². The van der Waals surface area contributed by atoms with Gasteiger partial charge < -0.3 is 40.7 Å². The summed E-state index contributed by atoms with van der Waals surface area (Å²) in [5.74, 6) is -0.958. The van der Waals surface area contributed by atoms with E-state index in [4.69, 9.17) is 21.1 Å². The number of aryl methyl sites for hydroxylation is 1. The molecule has 3 heterocycles. The maximum absolute atomic E-state index is 14.1. The highest BCUT2D eigenvalue weighted by molar-refractivity contribution is 7.13. The number of aliphatic hydroxyl groups is 1. The maximum atomic E-state index is 14.1. The summed E-state index contributed by atoms with van der Waals surface area (Å²) in [5, 5.41) is 32.5. The molecule has 1 aliphatic heterocycles. The van der Waals surface area contributed by atoms with Crippen molar-refractivity contribution in [2.75, 3.05) is 31.6 Å². The molecule has 6 rings (SSSR count). The number of thiazole rings is 1. The second-order valence-corrected chi connectivity index (χ2v) is 21.4. The molecule has 17 heteroatoms. The molecule has 364 valence electrons. The first-order valence-electron chi connectivity index (χ1n) is 23.1. The zero-order valence-corrected chi connectivity index (χ0v) is 42.0. The van der Waals surface area contributed by atoms with Crippen LogP contribution in [0.15, 0.2) is 66.3 Å². The molecule has 2 aromatic heterocycles. The van der Waals surface area contributed by atoms with Gasteiger partial charge in [0.05, 0.1) is 50.7 Å². The van der Waals surface area contributed by atoms with Gasteiger partial charge in [0.25, 0.3) is 5.91 Å². The fourth-order valence-electron chi connectivity index (χ4n) is 9.56. The van der Waals surface area contributed by atoms with Gasteiger partial charge in [0, 0.05) is 49.1 Å². The molecule has 4 amide bonds. The minimum Gasteiger partial charge on any atom is -0.489 e. The monoisotopic (exact) mass is 968 g/mol. The normalized spacial score (nSPS) is 20.3. The molecule has 0 bridgehead atoms. The van der Waals surface area contributed by atoms with Gasteiger partial charge >= 0.3 is 0 Å². The lowest BCUT2D eigenvalue weighted by Gasteiger charge is -2.63. The number of amides is 4. The number of benzene rings is 2. The van der Waals surface area contributed by atoms with Gasteiger partial charge in [-0.1, -0.05) is 84.3 Å². The Labute approximate surface area is 408 Å². The van der Waals surface area contributed by atoms with E-state index in [2.05, 4.69) is 37.3 Å². The number of hydrogen-bond donors (Lipinski definition) is 5. The van der Waals surface area contributed by atoms with Gasteiger partial charge in [0.2, 0.25) is 17.7 Å². The molecule has 1 unspecified atom stereocenters. The fourth-order valence-corrected chi connectivity index (χ4v) is 10.6. The predicted octanol–water partition coefficient (Wildman–Crippen LogP) is 7.62. The van der Waals surface area contributed by atoms with Crippen molar-refractivity contribution in [3.05, 3.63) is 93.8 Å². The summed E-state index contributed by atoms with van der Waals surface area (Å²) >= 11 is 7.81. The van der Waals surface area contributed by atoms with Crippen LogP contribution in [0.25, 0.3) is 10.4 Å². The lowest BCUT2D eigenvalue weighted by molar-refractivity contribution is -0.164. The average Bonchev–Trinajstić information content (AvgIpc) is 3.91. The molecule has 0 spiro atoms. The van der Waals surface area contributed by atoms with Gasteiger partial charge in [-0.2, -0.15) is 5.26 Å². The molecule has 1 saturated carbocycles. The van der Waals surface area contributed by atoms with Crippen LogP contribution in [-0.4, -0.2) is 100 Å². The number of nitriles is 1. The first-order valence-corrected chi connectivity index (χ1v) is 24.4. The number of β-amino-alcohol motifs (C(OH)–C–C–N with tert-alkyl or cyclic N) is 1. The van der Waals surface area contributed by atoms with E-state index < -0.39 is 46.2 Å². The van der Waals surface area contributed by atoms with Crippen LogP contribution in [0.4, 0.5) is 5.69 Å². The lowest BCUT2D eigenvalue weighted by Crippen LogP contribution is -2.74. The molecule has 2 aliphatic rings. The number of aliphatic hydroxyl groups excluding tert-OH is 1. The number of nitrogens with zero attached hydrogens (tertiary/aromatic N) is 4. The number of nitrogens with one attached hydrogen (secondary N) is 4. The maximum Gasteiger partial charge on any atom is 0.270 e. The highest BCUT2D eigenvalue weighted by atomic mass is 35.5. The topological polar surface area (TPSA) is 208 Å². The SMILES string of the molecule is Cc1ncsc1-c1ccc([C@H](C)NC(=O)[C@@H]2C[C@@H](O)CN2C(=O)C(NC(=O)COCCCCCNc2ccc(C(=O)NC3C(C)(C)C(Oc4ccc(C#N)c(Cl)c4)C3(C)C)nc2)C(C)(C)C)cc1. The number of aromatic nitrogens is 2. The Morgan fingerprint density at radius 2 is 1.72 bits per heavy atom. The minimum absolute atomic E-state index is 0.0169. The van der Waals surface area contributed by atoms with E-state index >= 15 is 0 Å². The summed E-state index contributed by atoms with van der Waals surface area (Å²) in [5.41, 5.74) is 4.68. The van der Waals surface area contributed by atoms with E-state index in [-0.39, 0.29) is 49.6 Å². The van der Waals surface area contributed by atoms with E-state index in [1.165, 1.54) is 4.90 Å². The van der Waals surface area contributed by atoms with Crippen molar-refractivity contribution in [2.24, 2.45) is 16.2 Å². The highest BCUT2D eigenvalue weighted by Gasteiger charge is 2.64. The van der Waals surface area contributed by atoms with Crippen molar-refractivity contribution in [3.8, 4) is 22.3 Å². The van der Waals surface area contributed by atoms with E-state index in [0.717, 1.165) is 40.2 Å². The first-order chi connectivity index (χ1) is 32.1. The third kappa shape index (κ3) is 12.2. The number of likely N-dealkylation sites (tertiary alicyclic amines) is 1. The van der Waals surface area contributed by atoms with Crippen molar-refractivity contribution < 1.29 is 33.8 Å². The molecule has 0 radical (unpaired) electrons. The van der Waals surface area contributed by atoms with Crippen LogP contribution in [0, 0.1) is 34.5 Å². The second kappa shape index (κ2) is 21.8. The molecule has 15 nitrogen and oxygen atoms in total. The van der Waals surface area contributed by atoms with Crippen molar-refractivity contribution in [3.63, 3.8) is 0 Å². The van der Waals surface area contributed by atoms with Crippen molar-refractivity contribution >= 4 is 52.3 Å². The van der Waals surface area contributed by atoms with E-state index in [0.29, 0.717) is 41.6 Å². The third-order valence-electron chi connectivity index (χ3n) is 13.0. The number of carbonyl (C=O) groups excluding carboxylic acids is 4. The summed E-state index contributed by atoms with van der Waals surface area (Å²) in [6, 6.07) is 16.1. The van der Waals surface area contributed by atoms with Gasteiger partial charge in [-0.25, -0.2) is 9.97 Å². The smallest absolute Gasteiger partial charge is 0.270 e. The molecule has 2 aromatic carbocycles. The van der Waals surface area contributed by atoms with E-state index in [1.54, 1.807) is 41.8 Å². The van der Waals surface area contributed by atoms with Gasteiger partial charge in [-0.15, -0.1) is 11.3 Å². The minimum atomic E-state index is -0.957. The summed E-state index contributed by atoms with van der Waals surface area (Å²) in [4.78, 5) is 65.3. The number of anilines is 1. The zero-order chi connectivity index (χ0) is 49.6. The number of ether oxygens (including phenoxy) is 2. The molecule has 2 fully saturated rings. The van der Waals surface area contributed by atoms with Gasteiger partial charge in [-0.05, 0) is 73.9 Å². The molecular weight excluding hydrogens is 904 g/mol. The van der Waals surface area contributed by atoms with Crippen LogP contribution in [0.2, 0.25) is 5.02 Å². The van der Waals surface area contributed by atoms with Crippen LogP contribution in [0.1, 0.15) is 114 Å². The van der Waals surface area contributed by atoms with Crippen LogP contribution < -0.4 is 26.0 Å². The molecular formula is C51H65ClN8O7S. The highest BCUT2D eigenvalue weighted by Crippen LogP contribution is 2.55. The Bertz CT molecular complexity index is 2450. The molecule has 1 saturated heterocycles. The summed E-state index contributed by atoms with van der Waals surface area (Å²) in [6.45, 7) is 18.3. The molecule has 1 aliphatic carbocycles. The Kier molecular flexibility index (Phi) is 16.6. The van der Waals surface area contributed by atoms with Crippen molar-refractivity contribution in [1.82, 2.24) is 30.8 Å². The quantitative estimate of drug-likeness (QED) is 0.0578. The lowest BCUT2D eigenvalue weighted by atomic mass is 9.49. The Balaban J connectivity index is 0.887. The fraction of sp³-hybridized carbons (Fsp3) is 0.510. The van der Waals surface area contributed by atoms with Gasteiger partial charge in [0.1, 0.15) is 42.3 Å². The van der Waals surface area contributed by atoms with Crippen LogP contribution in [0.3, 0.4) is 0 Å². The van der Waals surface area contributed by atoms with Gasteiger partial charge in [0.15, 0.2) is 0 Å². The number of rotatable bonds is 19. The second-order valence-electron chi connectivity index (χ2n) is 20.2. The number of pyridine rings is 1. The largest absolute Gasteiger partial charge is 0.489 e.